The van der Waals surface area contributed by atoms with E-state index in [1.54, 1.807) is 12.1 Å². The van der Waals surface area contributed by atoms with Gasteiger partial charge in [-0.1, -0.05) is 30.3 Å². The molecule has 0 aliphatic rings. The van der Waals surface area contributed by atoms with Crippen molar-refractivity contribution in [1.29, 1.82) is 0 Å². The van der Waals surface area contributed by atoms with E-state index in [4.69, 9.17) is 0 Å². The molecule has 1 N–H and O–H groups in total. The van der Waals surface area contributed by atoms with Crippen LogP contribution in [0.4, 0.5) is 5.69 Å². The van der Waals surface area contributed by atoms with Crippen molar-refractivity contribution >= 4 is 17.6 Å². The highest BCUT2D eigenvalue weighted by molar-refractivity contribution is 5.99. The largest absolute Gasteiger partial charge is 0.464 e. The van der Waals surface area contributed by atoms with Crippen molar-refractivity contribution in [2.75, 3.05) is 12.4 Å². The maximum absolute atomic E-state index is 12.0. The third-order valence-electron chi connectivity index (χ3n) is 2.94. The summed E-state index contributed by atoms with van der Waals surface area (Å²) < 4.78 is 4.64. The number of esters is 1. The lowest BCUT2D eigenvalue weighted by Crippen LogP contribution is -2.16. The van der Waals surface area contributed by atoms with Gasteiger partial charge in [-0.15, -0.1) is 0 Å². The topological polar surface area (TPSA) is 68.3 Å². The standard InChI is InChI=1S/C16H16N2O3/c1-21-16(20)15-13(8-5-11-17-15)18-14(19)10-9-12-6-3-2-4-7-12/h2-8,11H,9-10H2,1H3,(H,18,19). The molecular formula is C16H16N2O3. The molecule has 1 aromatic carbocycles. The predicted octanol–water partition coefficient (Wildman–Crippen LogP) is 2.44. The Bertz CT molecular complexity index is 626. The molecule has 0 saturated heterocycles. The first-order chi connectivity index (χ1) is 10.2. The molecule has 108 valence electrons. The number of nitrogens with one attached hydrogen (secondary N) is 1. The summed E-state index contributed by atoms with van der Waals surface area (Å²) in [6.45, 7) is 0. The zero-order valence-corrected chi connectivity index (χ0v) is 11.7. The molecule has 0 unspecified atom stereocenters. The van der Waals surface area contributed by atoms with Crippen molar-refractivity contribution < 1.29 is 14.3 Å². The van der Waals surface area contributed by atoms with E-state index in [1.165, 1.54) is 13.3 Å². The highest BCUT2D eigenvalue weighted by Crippen LogP contribution is 2.14. The maximum atomic E-state index is 12.0. The van der Waals surface area contributed by atoms with E-state index in [9.17, 15) is 9.59 Å². The maximum Gasteiger partial charge on any atom is 0.358 e. The van der Waals surface area contributed by atoms with Crippen LogP contribution in [0.5, 0.6) is 0 Å². The number of methoxy groups -OCH3 is 1. The van der Waals surface area contributed by atoms with Crippen LogP contribution in [0.3, 0.4) is 0 Å². The first-order valence-corrected chi connectivity index (χ1v) is 6.58. The molecule has 21 heavy (non-hydrogen) atoms. The van der Waals surface area contributed by atoms with Gasteiger partial charge in [-0.05, 0) is 24.1 Å². The second-order valence-corrected chi connectivity index (χ2v) is 4.42. The predicted molar refractivity (Wildman–Crippen MR) is 79.0 cm³/mol. The summed E-state index contributed by atoms with van der Waals surface area (Å²) in [6, 6.07) is 13.0. The monoisotopic (exact) mass is 284 g/mol. The summed E-state index contributed by atoms with van der Waals surface area (Å²) in [6.07, 6.45) is 2.45. The van der Waals surface area contributed by atoms with Gasteiger partial charge in [0.1, 0.15) is 0 Å². The number of pyridine rings is 1. The zero-order chi connectivity index (χ0) is 15.1. The third-order valence-corrected chi connectivity index (χ3v) is 2.94. The third kappa shape index (κ3) is 4.14. The highest BCUT2D eigenvalue weighted by Gasteiger charge is 2.14. The first kappa shape index (κ1) is 14.7. The van der Waals surface area contributed by atoms with E-state index < -0.39 is 5.97 Å². The summed E-state index contributed by atoms with van der Waals surface area (Å²) in [4.78, 5) is 27.4. The Hall–Kier alpha value is -2.69. The number of carbonyl (C=O) groups excluding carboxylic acids is 2. The van der Waals surface area contributed by atoms with Gasteiger partial charge in [0.15, 0.2) is 5.69 Å². The van der Waals surface area contributed by atoms with Crippen molar-refractivity contribution in [2.24, 2.45) is 0 Å². The van der Waals surface area contributed by atoms with Crippen LogP contribution < -0.4 is 5.32 Å². The van der Waals surface area contributed by atoms with Crippen LogP contribution in [0.25, 0.3) is 0 Å². The number of benzene rings is 1. The van der Waals surface area contributed by atoms with E-state index in [2.05, 4.69) is 15.0 Å². The number of ether oxygens (including phenoxy) is 1. The highest BCUT2D eigenvalue weighted by atomic mass is 16.5. The second-order valence-electron chi connectivity index (χ2n) is 4.42. The van der Waals surface area contributed by atoms with Gasteiger partial charge in [0, 0.05) is 12.6 Å². The molecule has 1 heterocycles. The van der Waals surface area contributed by atoms with E-state index in [0.717, 1.165) is 5.56 Å². The number of hydrogen-bond donors (Lipinski definition) is 1. The number of rotatable bonds is 5. The summed E-state index contributed by atoms with van der Waals surface area (Å²) in [5.41, 5.74) is 1.56. The SMILES string of the molecule is COC(=O)c1ncccc1NC(=O)CCc1ccccc1. The van der Waals surface area contributed by atoms with Crippen LogP contribution in [0.1, 0.15) is 22.5 Å². The fourth-order valence-electron chi connectivity index (χ4n) is 1.88. The number of aromatic nitrogens is 1. The van der Waals surface area contributed by atoms with Gasteiger partial charge >= 0.3 is 5.97 Å². The summed E-state index contributed by atoms with van der Waals surface area (Å²) in [5, 5.41) is 2.69. The Balaban J connectivity index is 1.98. The average molecular weight is 284 g/mol. The van der Waals surface area contributed by atoms with E-state index >= 15 is 0 Å². The molecule has 5 heteroatoms. The lowest BCUT2D eigenvalue weighted by molar-refractivity contribution is -0.116. The van der Waals surface area contributed by atoms with Crippen LogP contribution in [0.2, 0.25) is 0 Å². The van der Waals surface area contributed by atoms with Crippen molar-refractivity contribution in [3.63, 3.8) is 0 Å². The van der Waals surface area contributed by atoms with Gasteiger partial charge in [-0.3, -0.25) is 4.79 Å². The number of anilines is 1. The molecule has 0 atom stereocenters. The molecule has 2 rings (SSSR count). The molecule has 5 nitrogen and oxygen atoms in total. The Morgan fingerprint density at radius 1 is 1.14 bits per heavy atom. The van der Waals surface area contributed by atoms with Gasteiger partial charge in [0.25, 0.3) is 0 Å². The molecule has 2 aromatic rings. The van der Waals surface area contributed by atoms with Crippen molar-refractivity contribution in [1.82, 2.24) is 4.98 Å². The minimum absolute atomic E-state index is 0.105. The Kier molecular flexibility index (Phi) is 5.04. The van der Waals surface area contributed by atoms with Crippen LogP contribution in [-0.2, 0) is 16.0 Å². The molecule has 0 radical (unpaired) electrons. The summed E-state index contributed by atoms with van der Waals surface area (Å²) in [7, 11) is 1.28. The van der Waals surface area contributed by atoms with Crippen LogP contribution in [0, 0.1) is 0 Å². The first-order valence-electron chi connectivity index (χ1n) is 6.58. The molecule has 0 fully saturated rings. The quantitative estimate of drug-likeness (QED) is 0.856. The number of carbonyl (C=O) groups is 2. The normalized spacial score (nSPS) is 9.95. The summed E-state index contributed by atoms with van der Waals surface area (Å²) in [5.74, 6) is -0.744. The van der Waals surface area contributed by atoms with E-state index in [0.29, 0.717) is 18.5 Å². The molecule has 1 aromatic heterocycles. The van der Waals surface area contributed by atoms with Crippen molar-refractivity contribution in [2.45, 2.75) is 12.8 Å². The van der Waals surface area contributed by atoms with Gasteiger partial charge in [0.05, 0.1) is 12.8 Å². The van der Waals surface area contributed by atoms with Gasteiger partial charge < -0.3 is 10.1 Å². The van der Waals surface area contributed by atoms with Gasteiger partial charge in [-0.25, -0.2) is 9.78 Å². The van der Waals surface area contributed by atoms with Crippen LogP contribution in [-0.4, -0.2) is 24.0 Å². The molecule has 0 bridgehead atoms. The molecule has 1 amide bonds. The minimum Gasteiger partial charge on any atom is -0.464 e. The summed E-state index contributed by atoms with van der Waals surface area (Å²) >= 11 is 0. The smallest absolute Gasteiger partial charge is 0.358 e. The molecule has 0 aliphatic carbocycles. The Morgan fingerprint density at radius 3 is 2.62 bits per heavy atom. The number of amides is 1. The average Bonchev–Trinajstić information content (AvgIpc) is 2.54. The van der Waals surface area contributed by atoms with Gasteiger partial charge in [0.2, 0.25) is 5.91 Å². The van der Waals surface area contributed by atoms with Crippen molar-refractivity contribution in [3.05, 3.63) is 59.9 Å². The molecular weight excluding hydrogens is 268 g/mol. The zero-order valence-electron chi connectivity index (χ0n) is 11.7. The Labute approximate surface area is 123 Å². The van der Waals surface area contributed by atoms with Crippen LogP contribution in [0.15, 0.2) is 48.7 Å². The number of aryl methyl sites for hydroxylation is 1. The lowest BCUT2D eigenvalue weighted by atomic mass is 10.1. The van der Waals surface area contributed by atoms with Gasteiger partial charge in [-0.2, -0.15) is 0 Å². The minimum atomic E-state index is -0.575. The number of hydrogen-bond acceptors (Lipinski definition) is 4. The van der Waals surface area contributed by atoms with E-state index in [1.807, 2.05) is 30.3 Å². The number of nitrogens with zero attached hydrogens (tertiary/aromatic N) is 1. The fourth-order valence-corrected chi connectivity index (χ4v) is 1.88. The van der Waals surface area contributed by atoms with Crippen molar-refractivity contribution in [3.8, 4) is 0 Å². The van der Waals surface area contributed by atoms with E-state index in [-0.39, 0.29) is 11.6 Å². The molecule has 0 aliphatic heterocycles. The fraction of sp³-hybridized carbons (Fsp3) is 0.188. The lowest BCUT2D eigenvalue weighted by Gasteiger charge is -2.08. The molecule has 0 spiro atoms. The Morgan fingerprint density at radius 2 is 1.90 bits per heavy atom. The second kappa shape index (κ2) is 7.19. The molecule has 0 saturated carbocycles. The van der Waals surface area contributed by atoms with Crippen LogP contribution >= 0.6 is 0 Å².